The van der Waals surface area contributed by atoms with Gasteiger partial charge in [0.25, 0.3) is 0 Å². The van der Waals surface area contributed by atoms with Gasteiger partial charge in [0.1, 0.15) is 11.1 Å². The van der Waals surface area contributed by atoms with Crippen molar-refractivity contribution in [1.82, 2.24) is 15.2 Å². The van der Waals surface area contributed by atoms with E-state index in [4.69, 9.17) is 9.72 Å². The molecular formula is C13H18N4OS2. The van der Waals surface area contributed by atoms with E-state index in [9.17, 15) is 0 Å². The molecule has 0 aromatic carbocycles. The molecule has 1 aliphatic heterocycles. The van der Waals surface area contributed by atoms with Crippen molar-refractivity contribution in [3.05, 3.63) is 10.7 Å². The SMILES string of the molecule is CCNc1nnc(-c2sc(C3CCCO3)nc2CC)s1. The second-order valence-corrected chi connectivity index (χ2v) is 6.63. The quantitative estimate of drug-likeness (QED) is 0.916. The van der Waals surface area contributed by atoms with Crippen molar-refractivity contribution in [3.8, 4) is 9.88 Å². The standard InChI is InChI=1S/C13H18N4OS2/c1-3-8-10(12-16-17-13(20-12)14-4-2)19-11(15-8)9-6-5-7-18-9/h9H,3-7H2,1-2H3,(H,14,17). The fraction of sp³-hybridized carbons (Fsp3) is 0.615. The van der Waals surface area contributed by atoms with Crippen LogP contribution in [0.1, 0.15) is 43.5 Å². The molecular weight excluding hydrogens is 292 g/mol. The molecule has 1 fully saturated rings. The zero-order chi connectivity index (χ0) is 13.9. The summed E-state index contributed by atoms with van der Waals surface area (Å²) in [6.07, 6.45) is 3.30. The van der Waals surface area contributed by atoms with E-state index in [1.807, 2.05) is 0 Å². The number of hydrogen-bond donors (Lipinski definition) is 1. The van der Waals surface area contributed by atoms with E-state index < -0.39 is 0 Å². The van der Waals surface area contributed by atoms with Crippen LogP contribution in [0.5, 0.6) is 0 Å². The van der Waals surface area contributed by atoms with E-state index in [-0.39, 0.29) is 6.10 Å². The number of anilines is 1. The molecule has 0 spiro atoms. The molecule has 3 rings (SSSR count). The molecule has 1 N–H and O–H groups in total. The summed E-state index contributed by atoms with van der Waals surface area (Å²) in [5.41, 5.74) is 1.11. The number of rotatable bonds is 5. The number of aromatic nitrogens is 3. The predicted octanol–water partition coefficient (Wildman–Crippen LogP) is 3.51. The van der Waals surface area contributed by atoms with Crippen molar-refractivity contribution in [2.24, 2.45) is 0 Å². The zero-order valence-electron chi connectivity index (χ0n) is 11.7. The largest absolute Gasteiger partial charge is 0.371 e. The van der Waals surface area contributed by atoms with Crippen LogP contribution in [0.25, 0.3) is 9.88 Å². The average Bonchev–Trinajstić information content (AvgIpc) is 3.18. The number of aryl methyl sites for hydroxylation is 1. The normalized spacial score (nSPS) is 18.6. The molecule has 0 bridgehead atoms. The van der Waals surface area contributed by atoms with Gasteiger partial charge in [-0.2, -0.15) is 0 Å². The molecule has 0 radical (unpaired) electrons. The predicted molar refractivity (Wildman–Crippen MR) is 82.5 cm³/mol. The highest BCUT2D eigenvalue weighted by atomic mass is 32.1. The van der Waals surface area contributed by atoms with Crippen molar-refractivity contribution in [2.45, 2.75) is 39.2 Å². The average molecular weight is 310 g/mol. The highest BCUT2D eigenvalue weighted by Crippen LogP contribution is 2.39. The summed E-state index contributed by atoms with van der Waals surface area (Å²) in [6.45, 7) is 5.90. The molecule has 1 aliphatic rings. The van der Waals surface area contributed by atoms with Gasteiger partial charge in [-0.3, -0.25) is 0 Å². The lowest BCUT2D eigenvalue weighted by atomic mass is 10.2. The Balaban J connectivity index is 1.90. The van der Waals surface area contributed by atoms with Gasteiger partial charge in [-0.25, -0.2) is 4.98 Å². The van der Waals surface area contributed by atoms with Crippen molar-refractivity contribution >= 4 is 27.8 Å². The molecule has 2 aromatic heterocycles. The fourth-order valence-corrected chi connectivity index (χ4v) is 4.37. The van der Waals surface area contributed by atoms with Gasteiger partial charge < -0.3 is 10.1 Å². The smallest absolute Gasteiger partial charge is 0.206 e. The Bertz CT molecular complexity index is 575. The molecule has 0 aliphatic carbocycles. The third-order valence-corrected chi connectivity index (χ3v) is 5.43. The minimum Gasteiger partial charge on any atom is -0.371 e. The molecule has 5 nitrogen and oxygen atoms in total. The first-order valence-electron chi connectivity index (χ1n) is 7.00. The van der Waals surface area contributed by atoms with E-state index in [2.05, 4.69) is 29.4 Å². The lowest BCUT2D eigenvalue weighted by Crippen LogP contribution is -1.94. The van der Waals surface area contributed by atoms with Crippen LogP contribution in [0.15, 0.2) is 0 Å². The molecule has 1 unspecified atom stereocenters. The van der Waals surface area contributed by atoms with E-state index in [0.29, 0.717) is 0 Å². The first-order chi connectivity index (χ1) is 9.81. The Morgan fingerprint density at radius 3 is 2.90 bits per heavy atom. The van der Waals surface area contributed by atoms with Crippen LogP contribution in [-0.2, 0) is 11.2 Å². The van der Waals surface area contributed by atoms with Gasteiger partial charge in [-0.05, 0) is 26.2 Å². The molecule has 1 saturated heterocycles. The van der Waals surface area contributed by atoms with Crippen LogP contribution in [0, 0.1) is 0 Å². The number of thiazole rings is 1. The van der Waals surface area contributed by atoms with Crippen LogP contribution in [0.4, 0.5) is 5.13 Å². The van der Waals surface area contributed by atoms with Crippen molar-refractivity contribution < 1.29 is 4.74 Å². The van der Waals surface area contributed by atoms with Gasteiger partial charge in [0.15, 0.2) is 5.01 Å². The van der Waals surface area contributed by atoms with Crippen molar-refractivity contribution in [2.75, 3.05) is 18.5 Å². The van der Waals surface area contributed by atoms with Gasteiger partial charge in [0, 0.05) is 13.2 Å². The maximum atomic E-state index is 5.73. The van der Waals surface area contributed by atoms with Crippen LogP contribution in [0.3, 0.4) is 0 Å². The van der Waals surface area contributed by atoms with Crippen molar-refractivity contribution in [3.63, 3.8) is 0 Å². The molecule has 0 amide bonds. The van der Waals surface area contributed by atoms with Crippen LogP contribution < -0.4 is 5.32 Å². The van der Waals surface area contributed by atoms with Crippen LogP contribution in [-0.4, -0.2) is 28.3 Å². The third kappa shape index (κ3) is 2.70. The Kier molecular flexibility index (Phi) is 4.28. The molecule has 7 heteroatoms. The molecule has 20 heavy (non-hydrogen) atoms. The van der Waals surface area contributed by atoms with E-state index >= 15 is 0 Å². The second-order valence-electron chi connectivity index (χ2n) is 4.63. The lowest BCUT2D eigenvalue weighted by molar-refractivity contribution is 0.111. The Hall–Kier alpha value is -1.05. The highest BCUT2D eigenvalue weighted by molar-refractivity contribution is 7.23. The minimum atomic E-state index is 0.181. The van der Waals surface area contributed by atoms with Crippen LogP contribution in [0.2, 0.25) is 0 Å². The Morgan fingerprint density at radius 2 is 2.20 bits per heavy atom. The summed E-state index contributed by atoms with van der Waals surface area (Å²) < 4.78 is 5.73. The molecule has 2 aromatic rings. The third-order valence-electron chi connectivity index (χ3n) is 3.20. The first kappa shape index (κ1) is 13.9. The maximum absolute atomic E-state index is 5.73. The number of ether oxygens (including phenoxy) is 1. The van der Waals surface area contributed by atoms with Gasteiger partial charge in [0.05, 0.1) is 10.6 Å². The topological polar surface area (TPSA) is 59.9 Å². The maximum Gasteiger partial charge on any atom is 0.206 e. The highest BCUT2D eigenvalue weighted by Gasteiger charge is 2.24. The molecule has 3 heterocycles. The van der Waals surface area contributed by atoms with E-state index in [0.717, 1.165) is 58.1 Å². The van der Waals surface area contributed by atoms with Gasteiger partial charge >= 0.3 is 0 Å². The first-order valence-corrected chi connectivity index (χ1v) is 8.64. The Morgan fingerprint density at radius 1 is 1.30 bits per heavy atom. The number of hydrogen-bond acceptors (Lipinski definition) is 7. The van der Waals surface area contributed by atoms with Gasteiger partial charge in [0.2, 0.25) is 5.13 Å². The van der Waals surface area contributed by atoms with Crippen molar-refractivity contribution in [1.29, 1.82) is 0 Å². The van der Waals surface area contributed by atoms with Gasteiger partial charge in [-0.1, -0.05) is 18.3 Å². The molecule has 108 valence electrons. The zero-order valence-corrected chi connectivity index (χ0v) is 13.3. The number of nitrogens with one attached hydrogen (secondary N) is 1. The summed E-state index contributed by atoms with van der Waals surface area (Å²) in [7, 11) is 0. The molecule has 1 atom stereocenters. The second kappa shape index (κ2) is 6.15. The summed E-state index contributed by atoms with van der Waals surface area (Å²) >= 11 is 3.30. The van der Waals surface area contributed by atoms with E-state index in [1.165, 1.54) is 0 Å². The summed E-state index contributed by atoms with van der Waals surface area (Å²) in [5, 5.41) is 14.6. The minimum absolute atomic E-state index is 0.181. The van der Waals surface area contributed by atoms with Crippen LogP contribution >= 0.6 is 22.7 Å². The lowest BCUT2D eigenvalue weighted by Gasteiger charge is -2.03. The van der Waals surface area contributed by atoms with E-state index in [1.54, 1.807) is 22.7 Å². The fourth-order valence-electron chi connectivity index (χ4n) is 2.22. The van der Waals surface area contributed by atoms with Gasteiger partial charge in [-0.15, -0.1) is 21.5 Å². The summed E-state index contributed by atoms with van der Waals surface area (Å²) in [6, 6.07) is 0. The Labute approximate surface area is 126 Å². The summed E-state index contributed by atoms with van der Waals surface area (Å²) in [4.78, 5) is 5.91. The summed E-state index contributed by atoms with van der Waals surface area (Å²) in [5.74, 6) is 0. The number of nitrogens with zero attached hydrogens (tertiary/aromatic N) is 3. The monoisotopic (exact) mass is 310 g/mol. The molecule has 0 saturated carbocycles.